The Kier molecular flexibility index (Phi) is 3.74. The number of nitrogens with one attached hydrogen (secondary N) is 1. The standard InChI is InChI=1S/C16H18N4/c1-2-20-16-6-4-3-5-14(16)15(19-20)12-18-11-13-7-9-17-10-8-13/h3-10,18H,2,11-12H2,1H3. The van der Waals surface area contributed by atoms with E-state index in [1.54, 1.807) is 0 Å². The predicted octanol–water partition coefficient (Wildman–Crippen LogP) is 2.74. The van der Waals surface area contributed by atoms with E-state index in [4.69, 9.17) is 0 Å². The van der Waals surface area contributed by atoms with Gasteiger partial charge in [-0.1, -0.05) is 18.2 Å². The molecular formula is C16H18N4. The second-order valence-corrected chi connectivity index (χ2v) is 4.74. The number of aromatic nitrogens is 3. The van der Waals surface area contributed by atoms with Crippen LogP contribution in [-0.4, -0.2) is 14.8 Å². The number of aryl methyl sites for hydroxylation is 1. The summed E-state index contributed by atoms with van der Waals surface area (Å²) < 4.78 is 2.05. The van der Waals surface area contributed by atoms with Crippen molar-refractivity contribution in [3.05, 3.63) is 60.0 Å². The van der Waals surface area contributed by atoms with Crippen LogP contribution in [0.1, 0.15) is 18.2 Å². The van der Waals surface area contributed by atoms with Crippen LogP contribution in [-0.2, 0) is 19.6 Å². The molecule has 0 aliphatic rings. The monoisotopic (exact) mass is 266 g/mol. The van der Waals surface area contributed by atoms with Crippen molar-refractivity contribution in [1.82, 2.24) is 20.1 Å². The molecule has 0 aliphatic carbocycles. The van der Waals surface area contributed by atoms with Gasteiger partial charge in [0.1, 0.15) is 0 Å². The van der Waals surface area contributed by atoms with Crippen LogP contribution in [0.15, 0.2) is 48.8 Å². The molecule has 1 N–H and O–H groups in total. The number of para-hydroxylation sites is 1. The molecule has 1 aromatic carbocycles. The molecule has 0 unspecified atom stereocenters. The average Bonchev–Trinajstić information content (AvgIpc) is 2.87. The van der Waals surface area contributed by atoms with Crippen LogP contribution >= 0.6 is 0 Å². The highest BCUT2D eigenvalue weighted by molar-refractivity contribution is 5.81. The Bertz CT molecular complexity index is 688. The maximum absolute atomic E-state index is 4.68. The number of hydrogen-bond donors (Lipinski definition) is 1. The second kappa shape index (κ2) is 5.84. The lowest BCUT2D eigenvalue weighted by atomic mass is 10.2. The van der Waals surface area contributed by atoms with Crippen molar-refractivity contribution in [1.29, 1.82) is 0 Å². The van der Waals surface area contributed by atoms with E-state index in [9.17, 15) is 0 Å². The Balaban J connectivity index is 1.74. The topological polar surface area (TPSA) is 42.7 Å². The normalized spacial score (nSPS) is 11.1. The van der Waals surface area contributed by atoms with Gasteiger partial charge in [0.25, 0.3) is 0 Å². The molecule has 0 spiro atoms. The van der Waals surface area contributed by atoms with Gasteiger partial charge in [0, 0.05) is 37.4 Å². The van der Waals surface area contributed by atoms with Crippen LogP contribution in [0, 0.1) is 0 Å². The lowest BCUT2D eigenvalue weighted by Gasteiger charge is -2.02. The van der Waals surface area contributed by atoms with Crippen LogP contribution < -0.4 is 5.32 Å². The molecule has 4 heteroatoms. The Morgan fingerprint density at radius 3 is 2.65 bits per heavy atom. The fourth-order valence-corrected chi connectivity index (χ4v) is 2.39. The third-order valence-electron chi connectivity index (χ3n) is 3.40. The number of hydrogen-bond acceptors (Lipinski definition) is 3. The van der Waals surface area contributed by atoms with E-state index in [-0.39, 0.29) is 0 Å². The van der Waals surface area contributed by atoms with E-state index in [2.05, 4.69) is 51.3 Å². The molecule has 0 fully saturated rings. The van der Waals surface area contributed by atoms with Gasteiger partial charge >= 0.3 is 0 Å². The van der Waals surface area contributed by atoms with Gasteiger partial charge in [-0.3, -0.25) is 9.67 Å². The lowest BCUT2D eigenvalue weighted by molar-refractivity contribution is 0.631. The lowest BCUT2D eigenvalue weighted by Crippen LogP contribution is -2.13. The molecule has 3 aromatic rings. The quantitative estimate of drug-likeness (QED) is 0.772. The van der Waals surface area contributed by atoms with E-state index in [1.165, 1.54) is 16.5 Å². The highest BCUT2D eigenvalue weighted by Gasteiger charge is 2.08. The molecule has 0 bridgehead atoms. The summed E-state index contributed by atoms with van der Waals surface area (Å²) in [7, 11) is 0. The van der Waals surface area contributed by atoms with Crippen LogP contribution in [0.5, 0.6) is 0 Å². The Morgan fingerprint density at radius 1 is 1.05 bits per heavy atom. The van der Waals surface area contributed by atoms with Crippen LogP contribution in [0.4, 0.5) is 0 Å². The largest absolute Gasteiger partial charge is 0.307 e. The first-order chi connectivity index (χ1) is 9.88. The average molecular weight is 266 g/mol. The molecule has 4 nitrogen and oxygen atoms in total. The molecule has 0 aliphatic heterocycles. The number of pyridine rings is 1. The van der Waals surface area contributed by atoms with E-state index in [0.29, 0.717) is 0 Å². The summed E-state index contributed by atoms with van der Waals surface area (Å²) in [5.41, 5.74) is 3.55. The first-order valence-corrected chi connectivity index (χ1v) is 6.92. The third kappa shape index (κ3) is 2.56. The van der Waals surface area contributed by atoms with Crippen molar-refractivity contribution < 1.29 is 0 Å². The molecule has 0 saturated heterocycles. The van der Waals surface area contributed by atoms with Crippen LogP contribution in [0.3, 0.4) is 0 Å². The number of fused-ring (bicyclic) bond motifs is 1. The minimum absolute atomic E-state index is 0.774. The minimum Gasteiger partial charge on any atom is -0.307 e. The molecule has 0 atom stereocenters. The van der Waals surface area contributed by atoms with Gasteiger partial charge in [0.2, 0.25) is 0 Å². The van der Waals surface area contributed by atoms with Crippen molar-refractivity contribution in [3.63, 3.8) is 0 Å². The zero-order chi connectivity index (χ0) is 13.8. The summed E-state index contributed by atoms with van der Waals surface area (Å²) in [5, 5.41) is 9.36. The summed E-state index contributed by atoms with van der Waals surface area (Å²) in [6, 6.07) is 12.4. The number of nitrogens with zero attached hydrogens (tertiary/aromatic N) is 3. The molecule has 0 saturated carbocycles. The Morgan fingerprint density at radius 2 is 1.85 bits per heavy atom. The van der Waals surface area contributed by atoms with Crippen LogP contribution in [0.25, 0.3) is 10.9 Å². The first-order valence-electron chi connectivity index (χ1n) is 6.92. The fourth-order valence-electron chi connectivity index (χ4n) is 2.39. The Labute approximate surface area is 118 Å². The van der Waals surface area contributed by atoms with Crippen molar-refractivity contribution in [3.8, 4) is 0 Å². The van der Waals surface area contributed by atoms with E-state index in [1.807, 2.05) is 24.5 Å². The number of rotatable bonds is 5. The van der Waals surface area contributed by atoms with Crippen LogP contribution in [0.2, 0.25) is 0 Å². The van der Waals surface area contributed by atoms with Gasteiger partial charge in [-0.2, -0.15) is 5.10 Å². The smallest absolute Gasteiger partial charge is 0.0841 e. The second-order valence-electron chi connectivity index (χ2n) is 4.74. The fraction of sp³-hybridized carbons (Fsp3) is 0.250. The zero-order valence-corrected chi connectivity index (χ0v) is 11.6. The van der Waals surface area contributed by atoms with Crippen molar-refractivity contribution in [2.75, 3.05) is 0 Å². The molecular weight excluding hydrogens is 248 g/mol. The van der Waals surface area contributed by atoms with Gasteiger partial charge in [0.05, 0.1) is 11.2 Å². The molecule has 0 amide bonds. The number of benzene rings is 1. The highest BCUT2D eigenvalue weighted by Crippen LogP contribution is 2.18. The van der Waals surface area contributed by atoms with Gasteiger partial charge < -0.3 is 5.32 Å². The Hall–Kier alpha value is -2.20. The van der Waals surface area contributed by atoms with E-state index >= 15 is 0 Å². The third-order valence-corrected chi connectivity index (χ3v) is 3.40. The maximum atomic E-state index is 4.68. The van der Waals surface area contributed by atoms with Gasteiger partial charge in [-0.25, -0.2) is 0 Å². The maximum Gasteiger partial charge on any atom is 0.0841 e. The minimum atomic E-state index is 0.774. The molecule has 3 rings (SSSR count). The van der Waals surface area contributed by atoms with E-state index < -0.39 is 0 Å². The summed E-state index contributed by atoms with van der Waals surface area (Å²) in [6.45, 7) is 4.62. The van der Waals surface area contributed by atoms with Gasteiger partial charge in [-0.15, -0.1) is 0 Å². The van der Waals surface area contributed by atoms with Gasteiger partial charge in [0.15, 0.2) is 0 Å². The summed E-state index contributed by atoms with van der Waals surface area (Å²) in [5.74, 6) is 0. The first kappa shape index (κ1) is 12.8. The predicted molar refractivity (Wildman–Crippen MR) is 80.2 cm³/mol. The summed E-state index contributed by atoms with van der Waals surface area (Å²) in [4.78, 5) is 4.02. The summed E-state index contributed by atoms with van der Waals surface area (Å²) >= 11 is 0. The van der Waals surface area contributed by atoms with Crippen molar-refractivity contribution in [2.45, 2.75) is 26.6 Å². The molecule has 2 heterocycles. The zero-order valence-electron chi connectivity index (χ0n) is 11.6. The van der Waals surface area contributed by atoms with Crippen molar-refractivity contribution >= 4 is 10.9 Å². The van der Waals surface area contributed by atoms with Gasteiger partial charge in [-0.05, 0) is 30.7 Å². The molecule has 2 aromatic heterocycles. The summed E-state index contributed by atoms with van der Waals surface area (Å²) in [6.07, 6.45) is 3.64. The molecule has 0 radical (unpaired) electrons. The van der Waals surface area contributed by atoms with Crippen molar-refractivity contribution in [2.24, 2.45) is 0 Å². The molecule has 102 valence electrons. The molecule has 20 heavy (non-hydrogen) atoms. The SMILES string of the molecule is CCn1nc(CNCc2ccncc2)c2ccccc21. The van der Waals surface area contributed by atoms with E-state index in [0.717, 1.165) is 25.3 Å². The highest BCUT2D eigenvalue weighted by atomic mass is 15.3.